The van der Waals surface area contributed by atoms with Crippen molar-refractivity contribution in [2.24, 2.45) is 0 Å². The Bertz CT molecular complexity index is 654. The highest BCUT2D eigenvalue weighted by molar-refractivity contribution is 7.17. The van der Waals surface area contributed by atoms with Crippen molar-refractivity contribution < 1.29 is 14.7 Å². The first-order chi connectivity index (χ1) is 10.1. The van der Waals surface area contributed by atoms with Crippen LogP contribution in [0.5, 0.6) is 0 Å². The number of aryl methyl sites for hydroxylation is 1. The fraction of sp³-hybridized carbons (Fsp3) is 0.214. The van der Waals surface area contributed by atoms with E-state index in [4.69, 9.17) is 5.11 Å². The van der Waals surface area contributed by atoms with Crippen molar-refractivity contribution in [2.75, 3.05) is 18.4 Å². The summed E-state index contributed by atoms with van der Waals surface area (Å²) in [6.07, 6.45) is 0.471. The lowest BCUT2D eigenvalue weighted by Crippen LogP contribution is -2.26. The molecule has 0 aliphatic rings. The zero-order valence-electron chi connectivity index (χ0n) is 11.4. The lowest BCUT2D eigenvalue weighted by atomic mass is 10.0. The predicted octanol–water partition coefficient (Wildman–Crippen LogP) is 2.36. The third-order valence-electron chi connectivity index (χ3n) is 2.80. The first kappa shape index (κ1) is 15.0. The van der Waals surface area contributed by atoms with Crippen LogP contribution in [0.3, 0.4) is 0 Å². The fourth-order valence-electron chi connectivity index (χ4n) is 1.76. The van der Waals surface area contributed by atoms with Crippen LogP contribution < -0.4 is 10.6 Å². The maximum Gasteiger partial charge on any atom is 0.404 e. The normalized spacial score (nSPS) is 10.1. The number of anilines is 1. The molecule has 0 aliphatic carbocycles. The molecule has 1 aromatic heterocycles. The van der Waals surface area contributed by atoms with Crippen molar-refractivity contribution in [3.8, 4) is 0 Å². The van der Waals surface area contributed by atoms with Crippen LogP contribution in [0, 0.1) is 6.92 Å². The summed E-state index contributed by atoms with van der Waals surface area (Å²) in [5, 5.41) is 14.3. The molecule has 1 aromatic carbocycles. The third kappa shape index (κ3) is 4.03. The van der Waals surface area contributed by atoms with Gasteiger partial charge in [-0.2, -0.15) is 0 Å². The molecule has 0 unspecified atom stereocenters. The minimum atomic E-state index is -1.06. The van der Waals surface area contributed by atoms with Crippen molar-refractivity contribution >= 4 is 28.3 Å². The number of amides is 1. The predicted molar refractivity (Wildman–Crippen MR) is 81.2 cm³/mol. The molecule has 3 N–H and O–H groups in total. The first-order valence-corrected chi connectivity index (χ1v) is 7.16. The number of benzene rings is 1. The second-order valence-corrected chi connectivity index (χ2v) is 5.36. The molecule has 0 saturated heterocycles. The number of hydrogen-bond donors (Lipinski definition) is 3. The number of nitrogens with one attached hydrogen (secondary N) is 2. The molecule has 0 fully saturated rings. The van der Waals surface area contributed by atoms with Gasteiger partial charge < -0.3 is 15.7 Å². The van der Waals surface area contributed by atoms with E-state index in [-0.39, 0.29) is 12.3 Å². The van der Waals surface area contributed by atoms with Crippen molar-refractivity contribution in [1.82, 2.24) is 10.3 Å². The van der Waals surface area contributed by atoms with Gasteiger partial charge in [0.2, 0.25) is 5.78 Å². The zero-order chi connectivity index (χ0) is 15.2. The lowest BCUT2D eigenvalue weighted by Gasteiger charge is -2.02. The van der Waals surface area contributed by atoms with Gasteiger partial charge in [-0.3, -0.25) is 4.79 Å². The second kappa shape index (κ2) is 6.85. The maximum atomic E-state index is 12.4. The Hall–Kier alpha value is -2.41. The fourth-order valence-corrected chi connectivity index (χ4v) is 2.56. The number of nitrogens with zero attached hydrogens (tertiary/aromatic N) is 1. The van der Waals surface area contributed by atoms with Crippen LogP contribution >= 0.6 is 11.3 Å². The van der Waals surface area contributed by atoms with Crippen LogP contribution in [-0.2, 0) is 0 Å². The summed E-state index contributed by atoms with van der Waals surface area (Å²) in [5.41, 5.74) is 1.59. The number of ketones is 1. The highest BCUT2D eigenvalue weighted by atomic mass is 32.1. The van der Waals surface area contributed by atoms with E-state index in [0.717, 1.165) is 5.56 Å². The van der Waals surface area contributed by atoms with Crippen LogP contribution in [0.4, 0.5) is 9.93 Å². The van der Waals surface area contributed by atoms with Gasteiger partial charge in [0.05, 0.1) is 11.1 Å². The molecule has 1 amide bonds. The Morgan fingerprint density at radius 1 is 1.29 bits per heavy atom. The Balaban J connectivity index is 1.98. The van der Waals surface area contributed by atoms with Gasteiger partial charge in [-0.1, -0.05) is 35.6 Å². The highest BCUT2D eigenvalue weighted by Gasteiger charge is 2.14. The van der Waals surface area contributed by atoms with E-state index in [0.29, 0.717) is 22.1 Å². The van der Waals surface area contributed by atoms with Gasteiger partial charge in [0.15, 0.2) is 5.13 Å². The van der Waals surface area contributed by atoms with Gasteiger partial charge in [-0.25, -0.2) is 9.78 Å². The van der Waals surface area contributed by atoms with E-state index < -0.39 is 6.09 Å². The summed E-state index contributed by atoms with van der Waals surface area (Å²) in [6, 6.07) is 7.41. The summed E-state index contributed by atoms with van der Waals surface area (Å²) in [4.78, 5) is 27.3. The highest BCUT2D eigenvalue weighted by Crippen LogP contribution is 2.22. The number of carbonyl (C=O) groups is 2. The second-order valence-electron chi connectivity index (χ2n) is 4.33. The average molecular weight is 305 g/mol. The molecule has 6 nitrogen and oxygen atoms in total. The topological polar surface area (TPSA) is 91.3 Å². The standard InChI is InChI=1S/C14H15N3O3S/c1-9-4-2-3-5-10(9)12(18)11-8-17-13(21-11)15-6-7-16-14(19)20/h2-5,8,16H,6-7H2,1H3,(H,15,17)(H,19,20). The van der Waals surface area contributed by atoms with Crippen LogP contribution in [0.2, 0.25) is 0 Å². The van der Waals surface area contributed by atoms with Gasteiger partial charge in [0.25, 0.3) is 0 Å². The van der Waals surface area contributed by atoms with Gasteiger partial charge in [-0.05, 0) is 12.5 Å². The van der Waals surface area contributed by atoms with Crippen molar-refractivity contribution in [1.29, 1.82) is 0 Å². The number of carboxylic acid groups (broad SMARTS) is 1. The molecule has 2 rings (SSSR count). The average Bonchev–Trinajstić information content (AvgIpc) is 2.92. The first-order valence-electron chi connectivity index (χ1n) is 6.35. The van der Waals surface area contributed by atoms with Gasteiger partial charge in [0.1, 0.15) is 0 Å². The van der Waals surface area contributed by atoms with Crippen molar-refractivity contribution in [3.63, 3.8) is 0 Å². The Morgan fingerprint density at radius 3 is 2.76 bits per heavy atom. The molecule has 0 aliphatic heterocycles. The molecular weight excluding hydrogens is 290 g/mol. The number of carbonyl (C=O) groups excluding carboxylic acids is 1. The Morgan fingerprint density at radius 2 is 2.05 bits per heavy atom. The largest absolute Gasteiger partial charge is 0.465 e. The number of thiazole rings is 1. The van der Waals surface area contributed by atoms with Crippen LogP contribution in [0.25, 0.3) is 0 Å². The minimum Gasteiger partial charge on any atom is -0.465 e. The number of aromatic nitrogens is 1. The van der Waals surface area contributed by atoms with Crippen molar-refractivity contribution in [3.05, 3.63) is 46.5 Å². The third-order valence-corrected chi connectivity index (χ3v) is 3.75. The molecule has 7 heteroatoms. The van der Waals surface area contributed by atoms with Crippen LogP contribution in [-0.4, -0.2) is 35.1 Å². The monoisotopic (exact) mass is 305 g/mol. The number of rotatable bonds is 6. The summed E-state index contributed by atoms with van der Waals surface area (Å²) in [5.74, 6) is -0.0534. The van der Waals surface area contributed by atoms with E-state index in [1.807, 2.05) is 25.1 Å². The molecule has 2 aromatic rings. The molecule has 21 heavy (non-hydrogen) atoms. The molecule has 0 radical (unpaired) electrons. The van der Waals surface area contributed by atoms with E-state index in [1.165, 1.54) is 17.5 Å². The molecule has 0 atom stereocenters. The molecule has 1 heterocycles. The smallest absolute Gasteiger partial charge is 0.404 e. The SMILES string of the molecule is Cc1ccccc1C(=O)c1cnc(NCCNC(=O)O)s1. The Labute approximate surface area is 125 Å². The van der Waals surface area contributed by atoms with Crippen molar-refractivity contribution in [2.45, 2.75) is 6.92 Å². The van der Waals surface area contributed by atoms with Gasteiger partial charge in [-0.15, -0.1) is 0 Å². The molecule has 110 valence electrons. The van der Waals surface area contributed by atoms with Crippen LogP contribution in [0.15, 0.2) is 30.5 Å². The molecule has 0 bridgehead atoms. The molecule has 0 saturated carbocycles. The van der Waals surface area contributed by atoms with Gasteiger partial charge in [0, 0.05) is 18.7 Å². The molecular formula is C14H15N3O3S. The van der Waals surface area contributed by atoms with Gasteiger partial charge >= 0.3 is 6.09 Å². The zero-order valence-corrected chi connectivity index (χ0v) is 12.2. The van der Waals surface area contributed by atoms with E-state index in [9.17, 15) is 9.59 Å². The van der Waals surface area contributed by atoms with E-state index in [1.54, 1.807) is 6.07 Å². The number of hydrogen-bond acceptors (Lipinski definition) is 5. The van der Waals surface area contributed by atoms with Crippen LogP contribution in [0.1, 0.15) is 20.8 Å². The summed E-state index contributed by atoms with van der Waals surface area (Å²) < 4.78 is 0. The van der Waals surface area contributed by atoms with E-state index >= 15 is 0 Å². The molecule has 0 spiro atoms. The maximum absolute atomic E-state index is 12.4. The Kier molecular flexibility index (Phi) is 4.89. The quantitative estimate of drug-likeness (QED) is 0.563. The summed E-state index contributed by atoms with van der Waals surface area (Å²) >= 11 is 1.26. The lowest BCUT2D eigenvalue weighted by molar-refractivity contribution is 0.104. The minimum absolute atomic E-state index is 0.0534. The summed E-state index contributed by atoms with van der Waals surface area (Å²) in [7, 11) is 0. The van der Waals surface area contributed by atoms with E-state index in [2.05, 4.69) is 15.6 Å². The summed E-state index contributed by atoms with van der Waals surface area (Å²) in [6.45, 7) is 2.58.